The molecular formula is C11H16N2O. The van der Waals surface area contributed by atoms with Crippen LogP contribution in [0.4, 0.5) is 0 Å². The van der Waals surface area contributed by atoms with E-state index in [9.17, 15) is 0 Å². The average Bonchev–Trinajstić information content (AvgIpc) is 2.65. The Kier molecular flexibility index (Phi) is 2.05. The Labute approximate surface area is 83.9 Å². The first kappa shape index (κ1) is 8.48. The monoisotopic (exact) mass is 192 g/mol. The van der Waals surface area contributed by atoms with Crippen LogP contribution in [-0.4, -0.2) is 18.1 Å². The van der Waals surface area contributed by atoms with Gasteiger partial charge in [-0.05, 0) is 12.8 Å². The van der Waals surface area contributed by atoms with Gasteiger partial charge in [-0.1, -0.05) is 12.8 Å². The third-order valence-corrected chi connectivity index (χ3v) is 3.44. The van der Waals surface area contributed by atoms with Crippen LogP contribution in [0.15, 0.2) is 10.7 Å². The van der Waals surface area contributed by atoms with Gasteiger partial charge in [0.25, 0.3) is 0 Å². The quantitative estimate of drug-likeness (QED) is 0.779. The Morgan fingerprint density at radius 2 is 2.00 bits per heavy atom. The number of nitrogens with one attached hydrogen (secondary N) is 1. The molecule has 2 fully saturated rings. The molecule has 0 amide bonds. The molecule has 1 aromatic heterocycles. The Balaban J connectivity index is 1.75. The molecule has 14 heavy (non-hydrogen) atoms. The molecule has 0 atom stereocenters. The molecule has 0 bridgehead atoms. The standard InChI is InChI=1S/C11H16N2O/c1-2-4-8(3-1)10-7-14-11(13-10)9-5-12-6-9/h7-9,12H,1-6H2. The van der Waals surface area contributed by atoms with Gasteiger partial charge >= 0.3 is 0 Å². The summed E-state index contributed by atoms with van der Waals surface area (Å²) in [6.45, 7) is 2.06. The van der Waals surface area contributed by atoms with Crippen LogP contribution in [0.2, 0.25) is 0 Å². The fourth-order valence-electron chi connectivity index (χ4n) is 2.36. The highest BCUT2D eigenvalue weighted by atomic mass is 16.3. The molecule has 1 saturated heterocycles. The number of hydrogen-bond acceptors (Lipinski definition) is 3. The summed E-state index contributed by atoms with van der Waals surface area (Å²) in [4.78, 5) is 4.61. The molecule has 1 aliphatic carbocycles. The Bertz CT molecular complexity index is 311. The maximum atomic E-state index is 5.53. The second-order valence-electron chi connectivity index (χ2n) is 4.45. The van der Waals surface area contributed by atoms with E-state index in [0.29, 0.717) is 11.8 Å². The van der Waals surface area contributed by atoms with Crippen LogP contribution in [-0.2, 0) is 0 Å². The molecule has 2 heterocycles. The molecule has 0 unspecified atom stereocenters. The maximum absolute atomic E-state index is 5.53. The van der Waals surface area contributed by atoms with E-state index >= 15 is 0 Å². The smallest absolute Gasteiger partial charge is 0.199 e. The number of rotatable bonds is 2. The fourth-order valence-corrected chi connectivity index (χ4v) is 2.36. The second kappa shape index (κ2) is 3.39. The van der Waals surface area contributed by atoms with Crippen molar-refractivity contribution in [3.8, 4) is 0 Å². The fraction of sp³-hybridized carbons (Fsp3) is 0.727. The van der Waals surface area contributed by atoms with Crippen LogP contribution in [0.3, 0.4) is 0 Å². The van der Waals surface area contributed by atoms with Crippen molar-refractivity contribution in [1.82, 2.24) is 10.3 Å². The van der Waals surface area contributed by atoms with Crippen LogP contribution in [0.5, 0.6) is 0 Å². The van der Waals surface area contributed by atoms with Crippen LogP contribution in [0.25, 0.3) is 0 Å². The Morgan fingerprint density at radius 1 is 1.21 bits per heavy atom. The van der Waals surface area contributed by atoms with Gasteiger partial charge in [-0.2, -0.15) is 0 Å². The number of hydrogen-bond donors (Lipinski definition) is 1. The Hall–Kier alpha value is -0.830. The zero-order valence-corrected chi connectivity index (χ0v) is 8.33. The van der Waals surface area contributed by atoms with Crippen molar-refractivity contribution in [3.63, 3.8) is 0 Å². The minimum atomic E-state index is 0.533. The lowest BCUT2D eigenvalue weighted by atomic mass is 10.0. The lowest BCUT2D eigenvalue weighted by Gasteiger charge is -2.23. The summed E-state index contributed by atoms with van der Waals surface area (Å²) in [6.07, 6.45) is 7.20. The molecule has 3 nitrogen and oxygen atoms in total. The SMILES string of the molecule is c1oc(C2CNC2)nc1C1CCCC1. The van der Waals surface area contributed by atoms with Gasteiger partial charge < -0.3 is 9.73 Å². The summed E-state index contributed by atoms with van der Waals surface area (Å²) in [5.74, 6) is 2.16. The normalized spacial score (nSPS) is 24.0. The topological polar surface area (TPSA) is 38.1 Å². The highest BCUT2D eigenvalue weighted by Crippen LogP contribution is 2.34. The minimum Gasteiger partial charge on any atom is -0.448 e. The summed E-state index contributed by atoms with van der Waals surface area (Å²) in [6, 6.07) is 0. The molecule has 3 heteroatoms. The van der Waals surface area contributed by atoms with Crippen LogP contribution >= 0.6 is 0 Å². The number of aromatic nitrogens is 1. The van der Waals surface area contributed by atoms with Crippen molar-refractivity contribution >= 4 is 0 Å². The lowest BCUT2D eigenvalue weighted by Crippen LogP contribution is -2.40. The van der Waals surface area contributed by atoms with Gasteiger partial charge in [0.1, 0.15) is 6.26 Å². The van der Waals surface area contributed by atoms with Crippen molar-refractivity contribution in [2.75, 3.05) is 13.1 Å². The molecule has 3 rings (SSSR count). The zero-order chi connectivity index (χ0) is 9.38. The van der Waals surface area contributed by atoms with Gasteiger partial charge in [0.05, 0.1) is 11.6 Å². The first-order valence-corrected chi connectivity index (χ1v) is 5.59. The second-order valence-corrected chi connectivity index (χ2v) is 4.45. The predicted molar refractivity (Wildman–Crippen MR) is 53.3 cm³/mol. The van der Waals surface area contributed by atoms with Gasteiger partial charge in [-0.15, -0.1) is 0 Å². The third-order valence-electron chi connectivity index (χ3n) is 3.44. The van der Waals surface area contributed by atoms with E-state index in [4.69, 9.17) is 4.42 Å². The van der Waals surface area contributed by atoms with Crippen LogP contribution in [0, 0.1) is 0 Å². The summed E-state index contributed by atoms with van der Waals surface area (Å²) < 4.78 is 5.53. The highest BCUT2D eigenvalue weighted by molar-refractivity contribution is 5.10. The summed E-state index contributed by atoms with van der Waals surface area (Å²) in [5.41, 5.74) is 1.20. The van der Waals surface area contributed by atoms with Crippen molar-refractivity contribution in [1.29, 1.82) is 0 Å². The van der Waals surface area contributed by atoms with E-state index in [1.54, 1.807) is 0 Å². The summed E-state index contributed by atoms with van der Waals surface area (Å²) >= 11 is 0. The molecule has 1 aromatic rings. The highest BCUT2D eigenvalue weighted by Gasteiger charge is 2.26. The summed E-state index contributed by atoms with van der Waals surface area (Å²) in [7, 11) is 0. The van der Waals surface area contributed by atoms with Crippen molar-refractivity contribution in [3.05, 3.63) is 17.8 Å². The van der Waals surface area contributed by atoms with E-state index in [0.717, 1.165) is 19.0 Å². The van der Waals surface area contributed by atoms with E-state index in [-0.39, 0.29) is 0 Å². The third kappa shape index (κ3) is 1.36. The van der Waals surface area contributed by atoms with Crippen molar-refractivity contribution in [2.24, 2.45) is 0 Å². The lowest BCUT2D eigenvalue weighted by molar-refractivity contribution is 0.357. The number of oxazole rings is 1. The zero-order valence-electron chi connectivity index (χ0n) is 8.33. The molecule has 1 saturated carbocycles. The molecule has 2 aliphatic rings. The molecular weight excluding hydrogens is 176 g/mol. The molecule has 1 aliphatic heterocycles. The van der Waals surface area contributed by atoms with E-state index < -0.39 is 0 Å². The largest absolute Gasteiger partial charge is 0.448 e. The van der Waals surface area contributed by atoms with Gasteiger partial charge in [-0.25, -0.2) is 4.98 Å². The number of nitrogens with zero attached hydrogens (tertiary/aromatic N) is 1. The first-order chi connectivity index (χ1) is 6.93. The van der Waals surface area contributed by atoms with Gasteiger partial charge in [-0.3, -0.25) is 0 Å². The first-order valence-electron chi connectivity index (χ1n) is 5.59. The van der Waals surface area contributed by atoms with Crippen molar-refractivity contribution in [2.45, 2.75) is 37.5 Å². The van der Waals surface area contributed by atoms with E-state index in [1.165, 1.54) is 31.4 Å². The maximum Gasteiger partial charge on any atom is 0.199 e. The van der Waals surface area contributed by atoms with Crippen LogP contribution in [0.1, 0.15) is 49.1 Å². The molecule has 76 valence electrons. The van der Waals surface area contributed by atoms with Crippen molar-refractivity contribution < 1.29 is 4.42 Å². The van der Waals surface area contributed by atoms with E-state index in [1.807, 2.05) is 6.26 Å². The molecule has 0 radical (unpaired) electrons. The van der Waals surface area contributed by atoms with Gasteiger partial charge in [0.2, 0.25) is 0 Å². The molecule has 0 spiro atoms. The minimum absolute atomic E-state index is 0.533. The average molecular weight is 192 g/mol. The van der Waals surface area contributed by atoms with Crippen LogP contribution < -0.4 is 5.32 Å². The predicted octanol–water partition coefficient (Wildman–Crippen LogP) is 2.02. The van der Waals surface area contributed by atoms with E-state index in [2.05, 4.69) is 10.3 Å². The summed E-state index contributed by atoms with van der Waals surface area (Å²) in [5, 5.41) is 3.24. The van der Waals surface area contributed by atoms with Gasteiger partial charge in [0.15, 0.2) is 5.89 Å². The molecule has 0 aromatic carbocycles. The Morgan fingerprint density at radius 3 is 2.64 bits per heavy atom. The molecule has 1 N–H and O–H groups in total. The van der Waals surface area contributed by atoms with Gasteiger partial charge in [0, 0.05) is 19.0 Å².